The summed E-state index contributed by atoms with van der Waals surface area (Å²) >= 11 is 3.29. The SMILES string of the molecule is O=C(CCc1nc2sc3c(c2c(=O)[nH]1)CCC3)NC1CCSc2ccc(F)cc21. The Morgan fingerprint density at radius 2 is 2.24 bits per heavy atom. The van der Waals surface area contributed by atoms with Gasteiger partial charge in [-0.25, -0.2) is 9.37 Å². The first-order valence-electron chi connectivity index (χ1n) is 9.83. The molecule has 1 aliphatic carbocycles. The molecule has 0 saturated carbocycles. The van der Waals surface area contributed by atoms with E-state index in [9.17, 15) is 14.0 Å². The van der Waals surface area contributed by atoms with Gasteiger partial charge in [0.15, 0.2) is 0 Å². The van der Waals surface area contributed by atoms with Crippen molar-refractivity contribution in [1.82, 2.24) is 15.3 Å². The second-order valence-corrected chi connectivity index (χ2v) is 9.71. The highest BCUT2D eigenvalue weighted by Crippen LogP contribution is 2.37. The Hall–Kier alpha value is -2.19. The van der Waals surface area contributed by atoms with Gasteiger partial charge in [-0.1, -0.05) is 0 Å². The van der Waals surface area contributed by atoms with Crippen LogP contribution in [0.3, 0.4) is 0 Å². The van der Waals surface area contributed by atoms with Gasteiger partial charge in [-0.15, -0.1) is 23.1 Å². The molecule has 1 aromatic carbocycles. The molecule has 0 radical (unpaired) electrons. The van der Waals surface area contributed by atoms with Crippen molar-refractivity contribution in [1.29, 1.82) is 0 Å². The van der Waals surface area contributed by atoms with Crippen LogP contribution in [-0.4, -0.2) is 21.6 Å². The van der Waals surface area contributed by atoms with Crippen LogP contribution in [0.25, 0.3) is 10.2 Å². The quantitative estimate of drug-likeness (QED) is 0.660. The number of rotatable bonds is 4. The standard InChI is InChI=1S/C21H20FN3O2S2/c22-11-4-5-15-13(10-11)14(8-9-28-15)23-18(26)7-6-17-24-20(27)19-12-2-1-3-16(12)29-21(19)25-17/h4-5,10,14H,1-3,6-9H2,(H,23,26)(H,24,25,27). The van der Waals surface area contributed by atoms with Gasteiger partial charge in [0.25, 0.3) is 5.56 Å². The summed E-state index contributed by atoms with van der Waals surface area (Å²) in [5, 5.41) is 3.75. The summed E-state index contributed by atoms with van der Waals surface area (Å²) in [5.74, 6) is 1.03. The van der Waals surface area contributed by atoms with Crippen molar-refractivity contribution in [2.24, 2.45) is 0 Å². The van der Waals surface area contributed by atoms with Crippen molar-refractivity contribution in [3.05, 3.63) is 56.2 Å². The number of thiophene rings is 1. The third kappa shape index (κ3) is 3.59. The average Bonchev–Trinajstić information content (AvgIpc) is 3.27. The minimum Gasteiger partial charge on any atom is -0.349 e. The van der Waals surface area contributed by atoms with E-state index in [-0.39, 0.29) is 29.7 Å². The normalized spacial score (nSPS) is 17.9. The van der Waals surface area contributed by atoms with Gasteiger partial charge in [-0.05, 0) is 55.0 Å². The zero-order valence-electron chi connectivity index (χ0n) is 15.7. The summed E-state index contributed by atoms with van der Waals surface area (Å²) in [6, 6.07) is 4.56. The molecule has 5 rings (SSSR count). The number of fused-ring (bicyclic) bond motifs is 4. The van der Waals surface area contributed by atoms with Gasteiger partial charge in [0.05, 0.1) is 11.4 Å². The van der Waals surface area contributed by atoms with Gasteiger partial charge < -0.3 is 10.3 Å². The molecule has 150 valence electrons. The van der Waals surface area contributed by atoms with Crippen molar-refractivity contribution in [2.45, 2.75) is 49.5 Å². The lowest BCUT2D eigenvalue weighted by Crippen LogP contribution is -2.31. The molecule has 3 heterocycles. The average molecular weight is 430 g/mol. The monoisotopic (exact) mass is 429 g/mol. The van der Waals surface area contributed by atoms with E-state index in [1.807, 2.05) is 0 Å². The molecule has 1 atom stereocenters. The largest absolute Gasteiger partial charge is 0.349 e. The molecule has 2 aliphatic rings. The molecular formula is C21H20FN3O2S2. The highest BCUT2D eigenvalue weighted by molar-refractivity contribution is 7.99. The van der Waals surface area contributed by atoms with Crippen LogP contribution in [0.15, 0.2) is 27.9 Å². The molecule has 2 N–H and O–H groups in total. The van der Waals surface area contributed by atoms with Crippen LogP contribution in [0.2, 0.25) is 0 Å². The number of hydrogen-bond donors (Lipinski definition) is 2. The predicted molar refractivity (Wildman–Crippen MR) is 113 cm³/mol. The molecule has 0 saturated heterocycles. The zero-order valence-corrected chi connectivity index (χ0v) is 17.4. The number of aryl methyl sites for hydroxylation is 3. The second kappa shape index (κ2) is 7.57. The number of amides is 1. The molecule has 29 heavy (non-hydrogen) atoms. The summed E-state index contributed by atoms with van der Waals surface area (Å²) in [6.45, 7) is 0. The van der Waals surface area contributed by atoms with Gasteiger partial charge >= 0.3 is 0 Å². The van der Waals surface area contributed by atoms with E-state index in [1.54, 1.807) is 29.2 Å². The van der Waals surface area contributed by atoms with E-state index in [4.69, 9.17) is 0 Å². The summed E-state index contributed by atoms with van der Waals surface area (Å²) in [4.78, 5) is 35.6. The van der Waals surface area contributed by atoms with Gasteiger partial charge in [-0.3, -0.25) is 9.59 Å². The third-order valence-electron chi connectivity index (χ3n) is 5.56. The fraction of sp³-hybridized carbons (Fsp3) is 0.381. The number of carbonyl (C=O) groups excluding carboxylic acids is 1. The Morgan fingerprint density at radius 3 is 3.14 bits per heavy atom. The van der Waals surface area contributed by atoms with E-state index in [1.165, 1.54) is 17.0 Å². The molecule has 5 nitrogen and oxygen atoms in total. The molecule has 1 amide bonds. The first-order chi connectivity index (χ1) is 14.1. The Bertz CT molecular complexity index is 1170. The maximum absolute atomic E-state index is 13.6. The number of aromatic amines is 1. The van der Waals surface area contributed by atoms with Crippen LogP contribution >= 0.6 is 23.1 Å². The third-order valence-corrected chi connectivity index (χ3v) is 7.87. The van der Waals surface area contributed by atoms with Gasteiger partial charge in [0.1, 0.15) is 16.5 Å². The van der Waals surface area contributed by atoms with Crippen LogP contribution in [-0.2, 0) is 24.1 Å². The summed E-state index contributed by atoms with van der Waals surface area (Å²) in [6.07, 6.45) is 4.45. The molecule has 2 aromatic heterocycles. The van der Waals surface area contributed by atoms with Crippen LogP contribution in [0.4, 0.5) is 4.39 Å². The van der Waals surface area contributed by atoms with Crippen molar-refractivity contribution in [3.63, 3.8) is 0 Å². The molecule has 1 aliphatic heterocycles. The van der Waals surface area contributed by atoms with Crippen LogP contribution in [0.5, 0.6) is 0 Å². The van der Waals surface area contributed by atoms with Crippen LogP contribution in [0, 0.1) is 5.82 Å². The molecule has 3 aromatic rings. The number of benzene rings is 1. The Kier molecular flexibility index (Phi) is 4.91. The van der Waals surface area contributed by atoms with Crippen molar-refractivity contribution < 1.29 is 9.18 Å². The summed E-state index contributed by atoms with van der Waals surface area (Å²) < 4.78 is 13.6. The minimum atomic E-state index is -0.288. The number of aromatic nitrogens is 2. The number of thioether (sulfide) groups is 1. The fourth-order valence-electron chi connectivity index (χ4n) is 4.18. The fourth-order valence-corrected chi connectivity index (χ4v) is 6.57. The number of nitrogens with one attached hydrogen (secondary N) is 2. The first kappa shape index (κ1) is 18.8. The minimum absolute atomic E-state index is 0.0986. The van der Waals surface area contributed by atoms with E-state index in [0.717, 1.165) is 57.7 Å². The number of carbonyl (C=O) groups is 1. The first-order valence-corrected chi connectivity index (χ1v) is 11.6. The van der Waals surface area contributed by atoms with E-state index >= 15 is 0 Å². The van der Waals surface area contributed by atoms with E-state index < -0.39 is 0 Å². The van der Waals surface area contributed by atoms with E-state index in [0.29, 0.717) is 12.2 Å². The second-order valence-electron chi connectivity index (χ2n) is 7.49. The van der Waals surface area contributed by atoms with Crippen LogP contribution in [0.1, 0.15) is 47.1 Å². The highest BCUT2D eigenvalue weighted by atomic mass is 32.2. The molecular weight excluding hydrogens is 409 g/mol. The topological polar surface area (TPSA) is 74.8 Å². The number of hydrogen-bond acceptors (Lipinski definition) is 5. The lowest BCUT2D eigenvalue weighted by molar-refractivity contribution is -0.121. The number of nitrogens with zero attached hydrogens (tertiary/aromatic N) is 1. The molecule has 1 unspecified atom stereocenters. The zero-order chi connectivity index (χ0) is 20.0. The Morgan fingerprint density at radius 1 is 1.34 bits per heavy atom. The summed E-state index contributed by atoms with van der Waals surface area (Å²) in [5.41, 5.74) is 1.90. The lowest BCUT2D eigenvalue weighted by Gasteiger charge is -2.26. The van der Waals surface area contributed by atoms with Gasteiger partial charge in [0, 0.05) is 28.4 Å². The van der Waals surface area contributed by atoms with Crippen molar-refractivity contribution >= 4 is 39.2 Å². The maximum atomic E-state index is 13.6. The van der Waals surface area contributed by atoms with E-state index in [2.05, 4.69) is 15.3 Å². The number of halogens is 1. The maximum Gasteiger partial charge on any atom is 0.259 e. The summed E-state index contributed by atoms with van der Waals surface area (Å²) in [7, 11) is 0. The Balaban J connectivity index is 1.28. The van der Waals surface area contributed by atoms with Crippen LogP contribution < -0.4 is 10.9 Å². The van der Waals surface area contributed by atoms with Crippen molar-refractivity contribution in [2.75, 3.05) is 5.75 Å². The van der Waals surface area contributed by atoms with Crippen molar-refractivity contribution in [3.8, 4) is 0 Å². The lowest BCUT2D eigenvalue weighted by atomic mass is 10.0. The predicted octanol–water partition coefficient (Wildman–Crippen LogP) is 3.90. The molecule has 0 spiro atoms. The van der Waals surface area contributed by atoms with Gasteiger partial charge in [0.2, 0.25) is 5.91 Å². The van der Waals surface area contributed by atoms with Gasteiger partial charge in [-0.2, -0.15) is 0 Å². The smallest absolute Gasteiger partial charge is 0.259 e. The highest BCUT2D eigenvalue weighted by Gasteiger charge is 2.24. The molecule has 0 bridgehead atoms. The molecule has 8 heteroatoms. The molecule has 0 fully saturated rings. The Labute approximate surface area is 175 Å². The number of H-pyrrole nitrogens is 1.